The molecule has 0 fully saturated rings. The zero-order valence-corrected chi connectivity index (χ0v) is 21.5. The van der Waals surface area contributed by atoms with Crippen molar-refractivity contribution in [1.29, 1.82) is 0 Å². The van der Waals surface area contributed by atoms with Gasteiger partial charge in [-0.2, -0.15) is 0 Å². The molecule has 1 radical (unpaired) electrons. The van der Waals surface area contributed by atoms with E-state index in [0.29, 0.717) is 0 Å². The Bertz CT molecular complexity index is 1420. The quantitative estimate of drug-likeness (QED) is 0.153. The van der Waals surface area contributed by atoms with Crippen LogP contribution in [0.15, 0.2) is 60.3 Å². The molecule has 3 aromatic carbocycles. The van der Waals surface area contributed by atoms with E-state index < -0.39 is 11.5 Å². The van der Waals surface area contributed by atoms with Gasteiger partial charge >= 0.3 is 0 Å². The predicted molar refractivity (Wildman–Crippen MR) is 127 cm³/mol. The molecule has 171 valence electrons. The number of ketones is 1. The summed E-state index contributed by atoms with van der Waals surface area (Å²) in [7, 11) is 0. The van der Waals surface area contributed by atoms with Crippen LogP contribution in [0.4, 0.5) is 0 Å². The zero-order chi connectivity index (χ0) is 23.2. The normalized spacial score (nSPS) is 13.8. The number of carbonyl (C=O) groups excluding carboxylic acids is 1. The third-order valence-electron chi connectivity index (χ3n) is 5.93. The molecule has 1 aliphatic carbocycles. The molecule has 2 N–H and O–H groups in total. The Labute approximate surface area is 206 Å². The maximum atomic E-state index is 10.1. The van der Waals surface area contributed by atoms with Crippen molar-refractivity contribution >= 4 is 27.5 Å². The Morgan fingerprint density at radius 1 is 1.00 bits per heavy atom. The number of Topliss-reactive ketones (excluding diaryl/α,β-unsaturated/α-hetero) is 1. The first-order chi connectivity index (χ1) is 15.1. The molecule has 5 rings (SSSR count). The summed E-state index contributed by atoms with van der Waals surface area (Å²) in [6.45, 7) is 9.14. The number of aryl methyl sites for hydroxylation is 1. The van der Waals surface area contributed by atoms with Gasteiger partial charge in [-0.15, -0.1) is 23.6 Å². The number of aliphatic hydroxyl groups is 2. The minimum Gasteiger partial charge on any atom is -0.509 e. The van der Waals surface area contributed by atoms with Gasteiger partial charge in [-0.3, -0.25) is 9.78 Å². The number of aromatic nitrogens is 2. The Hall–Kier alpha value is -3.08. The predicted octanol–water partition coefficient (Wildman–Crippen LogP) is 6.12. The summed E-state index contributed by atoms with van der Waals surface area (Å²) in [5.74, 6) is -1.42. The molecule has 0 saturated heterocycles. The van der Waals surface area contributed by atoms with Gasteiger partial charge < -0.3 is 10.2 Å². The Balaban J connectivity index is 0.000000297. The van der Waals surface area contributed by atoms with Crippen LogP contribution < -0.4 is 0 Å². The third-order valence-corrected chi connectivity index (χ3v) is 5.93. The first-order valence-electron chi connectivity index (χ1n) is 10.4. The molecule has 1 heterocycles. The maximum absolute atomic E-state index is 10.1. The van der Waals surface area contributed by atoms with Crippen LogP contribution in [0.2, 0.25) is 0 Å². The summed E-state index contributed by atoms with van der Waals surface area (Å²) < 4.78 is 0. The van der Waals surface area contributed by atoms with Crippen molar-refractivity contribution in [1.82, 2.24) is 9.97 Å². The van der Waals surface area contributed by atoms with E-state index in [2.05, 4.69) is 79.3 Å². The second-order valence-corrected chi connectivity index (χ2v) is 8.69. The molecule has 0 bridgehead atoms. The summed E-state index contributed by atoms with van der Waals surface area (Å²) in [6.07, 6.45) is 1.67. The summed E-state index contributed by atoms with van der Waals surface area (Å²) in [5, 5.41) is 20.4. The number of benzene rings is 3. The molecule has 5 nitrogen and oxygen atoms in total. The fraction of sp³-hybridized carbons (Fsp3) is 0.222. The minimum absolute atomic E-state index is 0. The largest absolute Gasteiger partial charge is 0.509 e. The van der Waals surface area contributed by atoms with Gasteiger partial charge in [-0.05, 0) is 41.8 Å². The summed E-state index contributed by atoms with van der Waals surface area (Å²) in [5.41, 5.74) is 6.89. The van der Waals surface area contributed by atoms with Crippen LogP contribution in [0.3, 0.4) is 0 Å². The smallest absolute Gasteiger partial charge is 0.197 e. The standard InChI is InChI=1S/C22H17N2.C5H8O3.Ir/c1-13-8-18-20-19(9-13)23-12-24-21(20)16-10-14-6-4-5-7-15(14)11-17(16)22(18,2)3;1-3(6)5(8)4(2)7;/h4-9,11-12H,1-3H3;6,8H,1-2H3;/q-1;;/b;5-3+;. The Kier molecular flexibility index (Phi) is 6.73. The average Bonchev–Trinajstić information content (AvgIpc) is 2.76. The maximum Gasteiger partial charge on any atom is 0.197 e. The number of hydrogen-bond donors (Lipinski definition) is 2. The molecule has 4 aromatic rings. The second-order valence-electron chi connectivity index (χ2n) is 8.69. The minimum atomic E-state index is -0.565. The van der Waals surface area contributed by atoms with Crippen molar-refractivity contribution in [3.05, 3.63) is 83.1 Å². The number of allylic oxidation sites excluding steroid dienone is 2. The summed E-state index contributed by atoms with van der Waals surface area (Å²) in [4.78, 5) is 19.3. The van der Waals surface area contributed by atoms with Gasteiger partial charge in [0.05, 0.1) is 5.52 Å². The first-order valence-corrected chi connectivity index (χ1v) is 10.4. The van der Waals surface area contributed by atoms with Crippen LogP contribution in [-0.2, 0) is 30.3 Å². The number of aliphatic hydroxyl groups excluding tert-OH is 2. The van der Waals surface area contributed by atoms with Gasteiger partial charge in [0.2, 0.25) is 0 Å². The van der Waals surface area contributed by atoms with Crippen LogP contribution in [0.5, 0.6) is 0 Å². The van der Waals surface area contributed by atoms with Crippen molar-refractivity contribution in [2.75, 3.05) is 0 Å². The van der Waals surface area contributed by atoms with Crippen LogP contribution in [-0.4, -0.2) is 26.0 Å². The average molecular weight is 618 g/mol. The van der Waals surface area contributed by atoms with E-state index in [-0.39, 0.29) is 31.3 Å². The van der Waals surface area contributed by atoms with E-state index in [9.17, 15) is 4.79 Å². The molecule has 0 atom stereocenters. The molecule has 1 aliphatic rings. The molecule has 0 aliphatic heterocycles. The van der Waals surface area contributed by atoms with Gasteiger partial charge in [0.25, 0.3) is 0 Å². The zero-order valence-electron chi connectivity index (χ0n) is 19.1. The SMILES string of the molecule is CC(=O)/C(O)=C(/C)O.Cc1cc2c3c(ncnc3c1)-c1[c-]c3ccccc3cc1C2(C)C.[Ir]. The van der Waals surface area contributed by atoms with Gasteiger partial charge in [-0.1, -0.05) is 54.6 Å². The monoisotopic (exact) mass is 618 g/mol. The first kappa shape index (κ1) is 24.6. The molecule has 33 heavy (non-hydrogen) atoms. The van der Waals surface area contributed by atoms with Gasteiger partial charge in [-0.25, -0.2) is 4.98 Å². The second kappa shape index (κ2) is 9.05. The van der Waals surface area contributed by atoms with Crippen molar-refractivity contribution in [2.24, 2.45) is 0 Å². The van der Waals surface area contributed by atoms with Crippen molar-refractivity contribution < 1.29 is 35.1 Å². The van der Waals surface area contributed by atoms with Crippen LogP contribution in [0, 0.1) is 13.0 Å². The van der Waals surface area contributed by atoms with Crippen molar-refractivity contribution in [2.45, 2.75) is 40.0 Å². The number of rotatable bonds is 1. The van der Waals surface area contributed by atoms with E-state index >= 15 is 0 Å². The molecular weight excluding hydrogens is 593 g/mol. The van der Waals surface area contributed by atoms with E-state index in [1.807, 2.05) is 0 Å². The molecule has 0 amide bonds. The topological polar surface area (TPSA) is 83.3 Å². The number of nitrogens with zero attached hydrogens (tertiary/aromatic N) is 2. The van der Waals surface area contributed by atoms with E-state index in [1.54, 1.807) is 6.33 Å². The van der Waals surface area contributed by atoms with E-state index in [1.165, 1.54) is 41.3 Å². The Morgan fingerprint density at radius 2 is 1.70 bits per heavy atom. The molecule has 0 unspecified atom stereocenters. The fourth-order valence-corrected chi connectivity index (χ4v) is 4.26. The Morgan fingerprint density at radius 3 is 2.33 bits per heavy atom. The van der Waals surface area contributed by atoms with Crippen LogP contribution in [0.25, 0.3) is 32.9 Å². The van der Waals surface area contributed by atoms with Gasteiger partial charge in [0.1, 0.15) is 12.1 Å². The molecular formula is C27H25IrN2O3-. The van der Waals surface area contributed by atoms with Crippen LogP contribution >= 0.6 is 0 Å². The van der Waals surface area contributed by atoms with Gasteiger partial charge in [0.15, 0.2) is 11.5 Å². The van der Waals surface area contributed by atoms with E-state index in [0.717, 1.165) is 22.2 Å². The van der Waals surface area contributed by atoms with Crippen molar-refractivity contribution in [3.8, 4) is 11.3 Å². The number of hydrogen-bond acceptors (Lipinski definition) is 5. The third kappa shape index (κ3) is 4.29. The summed E-state index contributed by atoms with van der Waals surface area (Å²) >= 11 is 0. The van der Waals surface area contributed by atoms with Crippen molar-refractivity contribution in [3.63, 3.8) is 0 Å². The number of carbonyl (C=O) groups is 1. The summed E-state index contributed by atoms with van der Waals surface area (Å²) in [6, 6.07) is 18.8. The number of fused-ring (bicyclic) bond motifs is 3. The van der Waals surface area contributed by atoms with Gasteiger partial charge in [0, 0.05) is 32.7 Å². The molecule has 1 aromatic heterocycles. The fourth-order valence-electron chi connectivity index (χ4n) is 4.26. The van der Waals surface area contributed by atoms with Crippen LogP contribution in [0.1, 0.15) is 44.4 Å². The molecule has 6 heteroatoms. The molecule has 0 saturated carbocycles. The van der Waals surface area contributed by atoms with E-state index in [4.69, 9.17) is 10.2 Å². The molecule has 0 spiro atoms.